The Bertz CT molecular complexity index is 495. The van der Waals surface area contributed by atoms with Gasteiger partial charge >= 0.3 is 0 Å². The van der Waals surface area contributed by atoms with Crippen molar-refractivity contribution in [2.24, 2.45) is 5.73 Å². The van der Waals surface area contributed by atoms with Crippen molar-refractivity contribution >= 4 is 20.8 Å². The van der Waals surface area contributed by atoms with Gasteiger partial charge in [-0.05, 0) is 19.1 Å². The highest BCUT2D eigenvalue weighted by atomic mass is 32.2. The molecule has 3 N–H and O–H groups in total. The fourth-order valence-electron chi connectivity index (χ4n) is 1.03. The summed E-state index contributed by atoms with van der Waals surface area (Å²) in [6.07, 6.45) is 1.53. The maximum atomic E-state index is 11.7. The molecule has 0 amide bonds. The van der Waals surface area contributed by atoms with Crippen molar-refractivity contribution in [2.45, 2.75) is 23.8 Å². The van der Waals surface area contributed by atoms with Crippen LogP contribution in [0.15, 0.2) is 21.6 Å². The number of sulfonamides is 1. The average molecular weight is 280 g/mol. The van der Waals surface area contributed by atoms with E-state index in [1.165, 1.54) is 18.4 Å². The zero-order valence-corrected chi connectivity index (χ0v) is 11.3. The highest BCUT2D eigenvalue weighted by Crippen LogP contribution is 2.13. The van der Waals surface area contributed by atoms with E-state index in [4.69, 9.17) is 10.2 Å². The molecule has 1 rings (SSSR count). The number of furan rings is 1. The van der Waals surface area contributed by atoms with Gasteiger partial charge < -0.3 is 10.2 Å². The van der Waals surface area contributed by atoms with Crippen LogP contribution in [0, 0.1) is 0 Å². The third-order valence-corrected chi connectivity index (χ3v) is 4.83. The SMILES string of the molecule is CC(CNS(=O)(=O)c1ccc(CN)o1)S(C)=O. The monoisotopic (exact) mass is 280 g/mol. The predicted octanol–water partition coefficient (Wildman–Crippen LogP) is -0.216. The predicted molar refractivity (Wildman–Crippen MR) is 65.3 cm³/mol. The first-order valence-corrected chi connectivity index (χ1v) is 8.08. The van der Waals surface area contributed by atoms with Crippen molar-refractivity contribution in [3.63, 3.8) is 0 Å². The van der Waals surface area contributed by atoms with Gasteiger partial charge in [-0.25, -0.2) is 13.1 Å². The molecule has 2 atom stereocenters. The Labute approximate surface area is 103 Å². The summed E-state index contributed by atoms with van der Waals surface area (Å²) < 4.78 is 41.9. The lowest BCUT2D eigenvalue weighted by Gasteiger charge is -2.08. The molecule has 0 fully saturated rings. The molecule has 0 radical (unpaired) electrons. The average Bonchev–Trinajstić information content (AvgIpc) is 2.75. The molecule has 6 nitrogen and oxygen atoms in total. The van der Waals surface area contributed by atoms with Crippen LogP contribution in [-0.2, 0) is 27.4 Å². The van der Waals surface area contributed by atoms with Gasteiger partial charge in [-0.2, -0.15) is 0 Å². The van der Waals surface area contributed by atoms with Crippen molar-refractivity contribution in [2.75, 3.05) is 12.8 Å². The lowest BCUT2D eigenvalue weighted by molar-refractivity contribution is 0.413. The lowest BCUT2D eigenvalue weighted by Crippen LogP contribution is -2.32. The highest BCUT2D eigenvalue weighted by molar-refractivity contribution is 7.89. The second-order valence-corrected chi connectivity index (χ2v) is 7.09. The van der Waals surface area contributed by atoms with Crippen LogP contribution in [-0.4, -0.2) is 30.7 Å². The molecule has 0 aliphatic rings. The minimum absolute atomic E-state index is 0.101. The molecule has 8 heteroatoms. The first-order chi connectivity index (χ1) is 7.86. The maximum Gasteiger partial charge on any atom is 0.273 e. The normalized spacial score (nSPS) is 15.7. The number of nitrogens with two attached hydrogens (primary N) is 1. The smallest absolute Gasteiger partial charge is 0.273 e. The quantitative estimate of drug-likeness (QED) is 0.750. The number of rotatable bonds is 6. The van der Waals surface area contributed by atoms with Crippen LogP contribution in [0.25, 0.3) is 0 Å². The Morgan fingerprint density at radius 1 is 1.53 bits per heavy atom. The molecular formula is C9H16N2O4S2. The van der Waals surface area contributed by atoms with E-state index in [-0.39, 0.29) is 23.4 Å². The summed E-state index contributed by atoms with van der Waals surface area (Å²) in [5, 5.41) is -0.430. The summed E-state index contributed by atoms with van der Waals surface area (Å²) in [6.45, 7) is 1.95. The first-order valence-electron chi connectivity index (χ1n) is 4.97. The van der Waals surface area contributed by atoms with Gasteiger partial charge in [-0.1, -0.05) is 0 Å². The maximum absolute atomic E-state index is 11.7. The van der Waals surface area contributed by atoms with Gasteiger partial charge in [-0.15, -0.1) is 0 Å². The Morgan fingerprint density at radius 2 is 2.18 bits per heavy atom. The first kappa shape index (κ1) is 14.4. The number of hydrogen-bond donors (Lipinski definition) is 2. The summed E-state index contributed by atoms with van der Waals surface area (Å²) in [7, 11) is -4.76. The molecule has 0 aliphatic heterocycles. The topological polar surface area (TPSA) is 102 Å². The minimum Gasteiger partial charge on any atom is -0.447 e. The van der Waals surface area contributed by atoms with Crippen LogP contribution in [0.1, 0.15) is 12.7 Å². The molecule has 98 valence electrons. The van der Waals surface area contributed by atoms with E-state index in [1.54, 1.807) is 6.92 Å². The van der Waals surface area contributed by atoms with E-state index in [0.29, 0.717) is 5.76 Å². The van der Waals surface area contributed by atoms with Gasteiger partial charge in [0.05, 0.1) is 6.54 Å². The van der Waals surface area contributed by atoms with Gasteiger partial charge in [0.15, 0.2) is 0 Å². The van der Waals surface area contributed by atoms with Gasteiger partial charge in [0, 0.05) is 28.9 Å². The van der Waals surface area contributed by atoms with Crippen LogP contribution in [0.3, 0.4) is 0 Å². The Morgan fingerprint density at radius 3 is 2.65 bits per heavy atom. The largest absolute Gasteiger partial charge is 0.447 e. The van der Waals surface area contributed by atoms with Crippen molar-refractivity contribution in [3.8, 4) is 0 Å². The molecular weight excluding hydrogens is 264 g/mol. The molecule has 1 heterocycles. The van der Waals surface area contributed by atoms with Crippen LogP contribution >= 0.6 is 0 Å². The van der Waals surface area contributed by atoms with Crippen LogP contribution < -0.4 is 10.5 Å². The zero-order valence-electron chi connectivity index (χ0n) is 9.67. The lowest BCUT2D eigenvalue weighted by atomic mass is 10.5. The molecule has 0 aliphatic carbocycles. The number of hydrogen-bond acceptors (Lipinski definition) is 5. The second kappa shape index (κ2) is 5.76. The fourth-order valence-corrected chi connectivity index (χ4v) is 2.53. The standard InChI is InChI=1S/C9H16N2O4S2/c1-7(16(2)12)6-11-17(13,14)9-4-3-8(5-10)15-9/h3-4,7,11H,5-6,10H2,1-2H3. The van der Waals surface area contributed by atoms with Crippen molar-refractivity contribution < 1.29 is 17.0 Å². The molecule has 0 saturated carbocycles. The summed E-state index contributed by atoms with van der Waals surface area (Å²) in [4.78, 5) is 0. The minimum atomic E-state index is -3.68. The molecule has 0 spiro atoms. The van der Waals surface area contributed by atoms with Gasteiger partial charge in [0.1, 0.15) is 5.76 Å². The van der Waals surface area contributed by atoms with Gasteiger partial charge in [0.25, 0.3) is 10.0 Å². The molecule has 2 unspecified atom stereocenters. The van der Waals surface area contributed by atoms with E-state index >= 15 is 0 Å². The highest BCUT2D eigenvalue weighted by Gasteiger charge is 2.19. The van der Waals surface area contributed by atoms with Crippen LogP contribution in [0.5, 0.6) is 0 Å². The van der Waals surface area contributed by atoms with Crippen LogP contribution in [0.4, 0.5) is 0 Å². The zero-order chi connectivity index (χ0) is 13.1. The van der Waals surface area contributed by atoms with Gasteiger partial charge in [-0.3, -0.25) is 4.21 Å². The summed E-state index contributed by atoms with van der Waals surface area (Å²) in [5.41, 5.74) is 5.32. The molecule has 1 aromatic rings. The van der Waals surface area contributed by atoms with Crippen molar-refractivity contribution in [1.82, 2.24) is 4.72 Å². The van der Waals surface area contributed by atoms with E-state index < -0.39 is 20.8 Å². The number of nitrogens with one attached hydrogen (secondary N) is 1. The fraction of sp³-hybridized carbons (Fsp3) is 0.556. The Balaban J connectivity index is 2.72. The Kier molecular flexibility index (Phi) is 4.87. The second-order valence-electron chi connectivity index (χ2n) is 3.59. The summed E-state index contributed by atoms with van der Waals surface area (Å²) >= 11 is 0. The van der Waals surface area contributed by atoms with Crippen molar-refractivity contribution in [1.29, 1.82) is 0 Å². The van der Waals surface area contributed by atoms with Crippen LogP contribution in [0.2, 0.25) is 0 Å². The van der Waals surface area contributed by atoms with E-state index in [0.717, 1.165) is 0 Å². The molecule has 0 saturated heterocycles. The van der Waals surface area contributed by atoms with Crippen molar-refractivity contribution in [3.05, 3.63) is 17.9 Å². The molecule has 0 bridgehead atoms. The van der Waals surface area contributed by atoms with E-state index in [2.05, 4.69) is 4.72 Å². The van der Waals surface area contributed by atoms with Gasteiger partial charge in [0.2, 0.25) is 5.09 Å². The summed E-state index contributed by atoms with van der Waals surface area (Å²) in [5.74, 6) is 0.400. The Hall–Kier alpha value is -0.700. The van der Waals surface area contributed by atoms with E-state index in [1.807, 2.05) is 0 Å². The van der Waals surface area contributed by atoms with E-state index in [9.17, 15) is 12.6 Å². The molecule has 0 aromatic carbocycles. The third-order valence-electron chi connectivity index (χ3n) is 2.23. The molecule has 17 heavy (non-hydrogen) atoms. The third kappa shape index (κ3) is 3.91. The molecule has 1 aromatic heterocycles. The summed E-state index contributed by atoms with van der Waals surface area (Å²) in [6, 6.07) is 2.86.